The Morgan fingerprint density at radius 1 is 1.50 bits per heavy atom. The molecule has 0 spiro atoms. The topological polar surface area (TPSA) is 65.3 Å². The molecule has 0 amide bonds. The number of rotatable bonds is 4. The summed E-state index contributed by atoms with van der Waals surface area (Å²) in [4.78, 5) is 16.9. The minimum Gasteiger partial charge on any atom is -0.392 e. The van der Waals surface area contributed by atoms with Crippen molar-refractivity contribution in [2.45, 2.75) is 26.3 Å². The SMILES string of the molecule is CCCc1nn(Cc2cn3ccsc3n2)c(=O)o1. The summed E-state index contributed by atoms with van der Waals surface area (Å²) in [6.07, 6.45) is 5.41. The average molecular weight is 264 g/mol. The van der Waals surface area contributed by atoms with Gasteiger partial charge >= 0.3 is 5.76 Å². The van der Waals surface area contributed by atoms with E-state index in [4.69, 9.17) is 4.42 Å². The Bertz CT molecular complexity index is 692. The molecule has 3 aromatic heterocycles. The maximum atomic E-state index is 11.6. The highest BCUT2D eigenvalue weighted by molar-refractivity contribution is 7.15. The first-order valence-electron chi connectivity index (χ1n) is 5.74. The van der Waals surface area contributed by atoms with Crippen molar-refractivity contribution >= 4 is 16.3 Å². The van der Waals surface area contributed by atoms with E-state index in [1.165, 1.54) is 4.68 Å². The van der Waals surface area contributed by atoms with Crippen LogP contribution in [0.4, 0.5) is 0 Å². The van der Waals surface area contributed by atoms with Crippen molar-refractivity contribution in [3.05, 3.63) is 39.9 Å². The first kappa shape index (κ1) is 11.2. The second-order valence-electron chi connectivity index (χ2n) is 3.99. The van der Waals surface area contributed by atoms with Gasteiger partial charge in [-0.15, -0.1) is 16.4 Å². The molecule has 6 nitrogen and oxygen atoms in total. The van der Waals surface area contributed by atoms with Crippen LogP contribution in [0.3, 0.4) is 0 Å². The van der Waals surface area contributed by atoms with Crippen LogP contribution in [0.15, 0.2) is 27.0 Å². The first-order chi connectivity index (χ1) is 8.76. The van der Waals surface area contributed by atoms with Crippen LogP contribution in [0.2, 0.25) is 0 Å². The zero-order valence-electron chi connectivity index (χ0n) is 9.87. The minimum atomic E-state index is -0.421. The van der Waals surface area contributed by atoms with Crippen molar-refractivity contribution in [2.24, 2.45) is 0 Å². The van der Waals surface area contributed by atoms with Crippen molar-refractivity contribution in [3.8, 4) is 0 Å². The summed E-state index contributed by atoms with van der Waals surface area (Å²) in [5, 5.41) is 6.11. The third-order valence-electron chi connectivity index (χ3n) is 2.57. The molecule has 3 aromatic rings. The van der Waals surface area contributed by atoms with Crippen LogP contribution in [0.1, 0.15) is 24.9 Å². The van der Waals surface area contributed by atoms with Crippen molar-refractivity contribution in [2.75, 3.05) is 0 Å². The van der Waals surface area contributed by atoms with Gasteiger partial charge in [-0.3, -0.25) is 4.40 Å². The highest BCUT2D eigenvalue weighted by Gasteiger charge is 2.10. The van der Waals surface area contributed by atoms with Crippen LogP contribution >= 0.6 is 11.3 Å². The van der Waals surface area contributed by atoms with E-state index in [-0.39, 0.29) is 0 Å². The quantitative estimate of drug-likeness (QED) is 0.717. The molecule has 3 heterocycles. The van der Waals surface area contributed by atoms with Crippen molar-refractivity contribution in [1.29, 1.82) is 0 Å². The second kappa shape index (κ2) is 4.41. The lowest BCUT2D eigenvalue weighted by Crippen LogP contribution is -2.16. The fourth-order valence-corrected chi connectivity index (χ4v) is 2.49. The number of thiazole rings is 1. The van der Waals surface area contributed by atoms with Gasteiger partial charge in [0.25, 0.3) is 0 Å². The Labute approximate surface area is 107 Å². The third-order valence-corrected chi connectivity index (χ3v) is 3.34. The maximum Gasteiger partial charge on any atom is 0.437 e. The summed E-state index contributed by atoms with van der Waals surface area (Å²) in [5.74, 6) is 0.0679. The van der Waals surface area contributed by atoms with Crippen LogP contribution in [-0.2, 0) is 13.0 Å². The molecule has 0 bridgehead atoms. The predicted octanol–water partition coefficient (Wildman–Crippen LogP) is 1.55. The molecule has 0 aliphatic heterocycles. The third kappa shape index (κ3) is 1.97. The van der Waals surface area contributed by atoms with Gasteiger partial charge in [-0.25, -0.2) is 9.78 Å². The number of aromatic nitrogens is 4. The monoisotopic (exact) mass is 264 g/mol. The van der Waals surface area contributed by atoms with Crippen LogP contribution in [-0.4, -0.2) is 19.2 Å². The van der Waals surface area contributed by atoms with Gasteiger partial charge in [-0.05, 0) is 6.42 Å². The predicted molar refractivity (Wildman–Crippen MR) is 66.9 cm³/mol. The normalized spacial score (nSPS) is 11.4. The molecule has 18 heavy (non-hydrogen) atoms. The first-order valence-corrected chi connectivity index (χ1v) is 6.62. The summed E-state index contributed by atoms with van der Waals surface area (Å²) >= 11 is 1.56. The smallest absolute Gasteiger partial charge is 0.392 e. The molecule has 0 radical (unpaired) electrons. The molecule has 0 atom stereocenters. The summed E-state index contributed by atoms with van der Waals surface area (Å²) < 4.78 is 8.29. The fraction of sp³-hybridized carbons (Fsp3) is 0.364. The van der Waals surface area contributed by atoms with E-state index in [1.807, 2.05) is 29.1 Å². The molecule has 0 saturated carbocycles. The highest BCUT2D eigenvalue weighted by atomic mass is 32.1. The number of nitrogens with zero attached hydrogens (tertiary/aromatic N) is 4. The van der Waals surface area contributed by atoms with Crippen LogP contribution in [0.25, 0.3) is 4.96 Å². The number of aryl methyl sites for hydroxylation is 1. The Kier molecular flexibility index (Phi) is 2.75. The van der Waals surface area contributed by atoms with Crippen molar-refractivity contribution in [3.63, 3.8) is 0 Å². The molecular weight excluding hydrogens is 252 g/mol. The average Bonchev–Trinajstić information content (AvgIpc) is 2.95. The number of hydrogen-bond donors (Lipinski definition) is 0. The summed E-state index contributed by atoms with van der Waals surface area (Å²) in [6.45, 7) is 2.36. The molecule has 0 aromatic carbocycles. The van der Waals surface area contributed by atoms with Crippen molar-refractivity contribution in [1.82, 2.24) is 19.2 Å². The molecule has 7 heteroatoms. The molecule has 0 unspecified atom stereocenters. The molecule has 0 fully saturated rings. The van der Waals surface area contributed by atoms with Gasteiger partial charge in [-0.2, -0.15) is 4.68 Å². The molecule has 94 valence electrons. The zero-order valence-corrected chi connectivity index (χ0v) is 10.7. The van der Waals surface area contributed by atoms with Gasteiger partial charge in [0.2, 0.25) is 5.89 Å². The lowest BCUT2D eigenvalue weighted by atomic mass is 10.3. The molecule has 0 N–H and O–H groups in total. The van der Waals surface area contributed by atoms with E-state index in [2.05, 4.69) is 10.1 Å². The minimum absolute atomic E-state index is 0.348. The van der Waals surface area contributed by atoms with E-state index in [0.29, 0.717) is 18.9 Å². The second-order valence-corrected chi connectivity index (χ2v) is 4.87. The van der Waals surface area contributed by atoms with E-state index < -0.39 is 5.76 Å². The van der Waals surface area contributed by atoms with E-state index in [9.17, 15) is 4.79 Å². The highest BCUT2D eigenvalue weighted by Crippen LogP contribution is 2.11. The Morgan fingerprint density at radius 3 is 3.17 bits per heavy atom. The molecule has 3 rings (SSSR count). The van der Waals surface area contributed by atoms with Gasteiger partial charge in [0.05, 0.1) is 12.2 Å². The van der Waals surface area contributed by atoms with E-state index in [0.717, 1.165) is 17.1 Å². The van der Waals surface area contributed by atoms with Gasteiger partial charge in [0.15, 0.2) is 4.96 Å². The van der Waals surface area contributed by atoms with Crippen LogP contribution < -0.4 is 5.76 Å². The van der Waals surface area contributed by atoms with E-state index in [1.54, 1.807) is 11.3 Å². The standard InChI is InChI=1S/C11H12N4O2S/c1-2-3-9-13-15(11(16)17-9)7-8-6-14-4-5-18-10(14)12-8/h4-6H,2-3,7H2,1H3. The molecule has 0 aliphatic carbocycles. The largest absolute Gasteiger partial charge is 0.437 e. The Hall–Kier alpha value is -1.89. The van der Waals surface area contributed by atoms with Gasteiger partial charge < -0.3 is 4.42 Å². The lowest BCUT2D eigenvalue weighted by molar-refractivity contribution is 0.448. The fourth-order valence-electron chi connectivity index (χ4n) is 1.77. The van der Waals surface area contributed by atoms with Crippen LogP contribution in [0.5, 0.6) is 0 Å². The van der Waals surface area contributed by atoms with Crippen LogP contribution in [0, 0.1) is 0 Å². The lowest BCUT2D eigenvalue weighted by Gasteiger charge is -1.92. The summed E-state index contributed by atoms with van der Waals surface area (Å²) in [7, 11) is 0. The number of fused-ring (bicyclic) bond motifs is 1. The zero-order chi connectivity index (χ0) is 12.5. The molecular formula is C11H12N4O2S. The van der Waals surface area contributed by atoms with Gasteiger partial charge in [0.1, 0.15) is 0 Å². The summed E-state index contributed by atoms with van der Waals surface area (Å²) in [6, 6.07) is 0. The molecule has 0 aliphatic rings. The number of hydrogen-bond acceptors (Lipinski definition) is 5. The van der Waals surface area contributed by atoms with Gasteiger partial charge in [-0.1, -0.05) is 6.92 Å². The molecule has 0 saturated heterocycles. The Morgan fingerprint density at radius 2 is 2.39 bits per heavy atom. The van der Waals surface area contributed by atoms with E-state index >= 15 is 0 Å². The Balaban J connectivity index is 1.87. The number of imidazole rings is 1. The maximum absolute atomic E-state index is 11.6. The van der Waals surface area contributed by atoms with Gasteiger partial charge in [0, 0.05) is 24.2 Å². The summed E-state index contributed by atoms with van der Waals surface area (Å²) in [5.41, 5.74) is 0.806. The van der Waals surface area contributed by atoms with Crippen molar-refractivity contribution < 1.29 is 4.42 Å².